The lowest BCUT2D eigenvalue weighted by molar-refractivity contribution is 0.618. The summed E-state index contributed by atoms with van der Waals surface area (Å²) < 4.78 is 13.3. The molecule has 0 heterocycles. The van der Waals surface area contributed by atoms with E-state index in [1.54, 1.807) is 12.1 Å². The smallest absolute Gasteiger partial charge is 0.146 e. The van der Waals surface area contributed by atoms with Crippen LogP contribution in [0.1, 0.15) is 12.8 Å². The number of para-hydroxylation sites is 1. The van der Waals surface area contributed by atoms with Crippen LogP contribution in [-0.2, 0) is 0 Å². The number of nitrogens with zero attached hydrogens (tertiary/aromatic N) is 1. The summed E-state index contributed by atoms with van der Waals surface area (Å²) in [4.78, 5) is 1.92. The third-order valence-corrected chi connectivity index (χ3v) is 2.21. The summed E-state index contributed by atoms with van der Waals surface area (Å²) in [6, 6.07) is 6.82. The molecule has 3 heteroatoms. The molecule has 1 aromatic rings. The highest BCUT2D eigenvalue weighted by Crippen LogP contribution is 2.17. The SMILES string of the molecule is CN(CCCCN)c1ccccc1F. The van der Waals surface area contributed by atoms with E-state index in [1.807, 2.05) is 18.0 Å². The van der Waals surface area contributed by atoms with Gasteiger partial charge in [-0.05, 0) is 31.5 Å². The minimum Gasteiger partial charge on any atom is -0.372 e. The molecule has 0 atom stereocenters. The lowest BCUT2D eigenvalue weighted by Gasteiger charge is -2.19. The van der Waals surface area contributed by atoms with E-state index in [4.69, 9.17) is 5.73 Å². The number of nitrogens with two attached hydrogens (primary N) is 1. The fourth-order valence-corrected chi connectivity index (χ4v) is 1.38. The maximum Gasteiger partial charge on any atom is 0.146 e. The molecule has 0 aliphatic rings. The van der Waals surface area contributed by atoms with Crippen molar-refractivity contribution in [1.29, 1.82) is 0 Å². The van der Waals surface area contributed by atoms with E-state index in [0.717, 1.165) is 19.4 Å². The molecule has 0 aromatic heterocycles. The van der Waals surface area contributed by atoms with Crippen molar-refractivity contribution in [2.24, 2.45) is 5.73 Å². The molecule has 14 heavy (non-hydrogen) atoms. The van der Waals surface area contributed by atoms with Gasteiger partial charge in [0.25, 0.3) is 0 Å². The highest BCUT2D eigenvalue weighted by Gasteiger charge is 2.04. The Bertz CT molecular complexity index is 276. The van der Waals surface area contributed by atoms with Crippen molar-refractivity contribution in [1.82, 2.24) is 0 Å². The van der Waals surface area contributed by atoms with Crippen LogP contribution >= 0.6 is 0 Å². The molecule has 78 valence electrons. The molecule has 1 aromatic carbocycles. The van der Waals surface area contributed by atoms with Crippen LogP contribution in [0.2, 0.25) is 0 Å². The second-order valence-electron chi connectivity index (χ2n) is 3.37. The molecule has 0 amide bonds. The van der Waals surface area contributed by atoms with E-state index in [1.165, 1.54) is 6.07 Å². The van der Waals surface area contributed by atoms with E-state index in [0.29, 0.717) is 12.2 Å². The minimum absolute atomic E-state index is 0.164. The lowest BCUT2D eigenvalue weighted by atomic mass is 10.2. The van der Waals surface area contributed by atoms with Gasteiger partial charge in [-0.1, -0.05) is 12.1 Å². The van der Waals surface area contributed by atoms with Gasteiger partial charge in [0.1, 0.15) is 5.82 Å². The van der Waals surface area contributed by atoms with Crippen molar-refractivity contribution in [3.8, 4) is 0 Å². The molecule has 0 unspecified atom stereocenters. The average molecular weight is 196 g/mol. The Balaban J connectivity index is 2.51. The molecular formula is C11H17FN2. The first-order valence-corrected chi connectivity index (χ1v) is 4.91. The molecule has 1 rings (SSSR count). The summed E-state index contributed by atoms with van der Waals surface area (Å²) >= 11 is 0. The van der Waals surface area contributed by atoms with Crippen molar-refractivity contribution in [3.05, 3.63) is 30.1 Å². The molecule has 2 N–H and O–H groups in total. The second kappa shape index (κ2) is 5.60. The molecule has 0 saturated heterocycles. The number of benzene rings is 1. The summed E-state index contributed by atoms with van der Waals surface area (Å²) in [5.41, 5.74) is 6.05. The zero-order chi connectivity index (χ0) is 10.4. The van der Waals surface area contributed by atoms with Crippen LogP contribution in [0.3, 0.4) is 0 Å². The van der Waals surface area contributed by atoms with Crippen LogP contribution in [0.25, 0.3) is 0 Å². The minimum atomic E-state index is -0.164. The third-order valence-electron chi connectivity index (χ3n) is 2.21. The van der Waals surface area contributed by atoms with Crippen LogP contribution in [0.15, 0.2) is 24.3 Å². The molecule has 0 aliphatic heterocycles. The summed E-state index contributed by atoms with van der Waals surface area (Å²) in [5.74, 6) is -0.164. The van der Waals surface area contributed by atoms with E-state index >= 15 is 0 Å². The maximum absolute atomic E-state index is 13.3. The normalized spacial score (nSPS) is 10.2. The van der Waals surface area contributed by atoms with Crippen LogP contribution in [0.4, 0.5) is 10.1 Å². The fourth-order valence-electron chi connectivity index (χ4n) is 1.38. The summed E-state index contributed by atoms with van der Waals surface area (Å²) in [6.45, 7) is 1.54. The first kappa shape index (κ1) is 11.0. The quantitative estimate of drug-likeness (QED) is 0.730. The monoisotopic (exact) mass is 196 g/mol. The van der Waals surface area contributed by atoms with Crippen LogP contribution in [0, 0.1) is 5.82 Å². The van der Waals surface area contributed by atoms with Gasteiger partial charge in [-0.25, -0.2) is 4.39 Å². The molecule has 0 bridgehead atoms. The van der Waals surface area contributed by atoms with Gasteiger partial charge in [-0.2, -0.15) is 0 Å². The van der Waals surface area contributed by atoms with Crippen LogP contribution < -0.4 is 10.6 Å². The van der Waals surface area contributed by atoms with E-state index in [9.17, 15) is 4.39 Å². The van der Waals surface area contributed by atoms with Gasteiger partial charge in [0.2, 0.25) is 0 Å². The first-order valence-electron chi connectivity index (χ1n) is 4.91. The Labute approximate surface area is 84.5 Å². The number of anilines is 1. The molecule has 0 aliphatic carbocycles. The van der Waals surface area contributed by atoms with Crippen molar-refractivity contribution in [2.45, 2.75) is 12.8 Å². The number of hydrogen-bond acceptors (Lipinski definition) is 2. The Morgan fingerprint density at radius 2 is 2.00 bits per heavy atom. The summed E-state index contributed by atoms with van der Waals surface area (Å²) in [5, 5.41) is 0. The number of rotatable bonds is 5. The van der Waals surface area contributed by atoms with Gasteiger partial charge in [0.15, 0.2) is 0 Å². The number of unbranched alkanes of at least 4 members (excludes halogenated alkanes) is 1. The zero-order valence-corrected chi connectivity index (χ0v) is 8.54. The Kier molecular flexibility index (Phi) is 4.40. The maximum atomic E-state index is 13.3. The molecule has 0 radical (unpaired) electrons. The molecule has 2 nitrogen and oxygen atoms in total. The Morgan fingerprint density at radius 3 is 2.64 bits per heavy atom. The molecular weight excluding hydrogens is 179 g/mol. The number of halogens is 1. The van der Waals surface area contributed by atoms with Gasteiger partial charge in [0, 0.05) is 13.6 Å². The molecule has 0 saturated carbocycles. The zero-order valence-electron chi connectivity index (χ0n) is 8.54. The first-order chi connectivity index (χ1) is 6.75. The number of hydrogen-bond donors (Lipinski definition) is 1. The third kappa shape index (κ3) is 3.00. The van der Waals surface area contributed by atoms with Gasteiger partial charge in [-0.3, -0.25) is 0 Å². The largest absolute Gasteiger partial charge is 0.372 e. The van der Waals surface area contributed by atoms with E-state index in [-0.39, 0.29) is 5.82 Å². The van der Waals surface area contributed by atoms with Gasteiger partial charge >= 0.3 is 0 Å². The highest BCUT2D eigenvalue weighted by atomic mass is 19.1. The average Bonchev–Trinajstić information content (AvgIpc) is 2.18. The molecule has 0 fully saturated rings. The molecule has 0 spiro atoms. The lowest BCUT2D eigenvalue weighted by Crippen LogP contribution is -2.20. The summed E-state index contributed by atoms with van der Waals surface area (Å²) in [6.07, 6.45) is 1.99. The Hall–Kier alpha value is -1.09. The standard InChI is InChI=1S/C11H17FN2/c1-14(9-5-4-8-13)11-7-3-2-6-10(11)12/h2-3,6-7H,4-5,8-9,13H2,1H3. The van der Waals surface area contributed by atoms with E-state index < -0.39 is 0 Å². The van der Waals surface area contributed by atoms with Crippen molar-refractivity contribution < 1.29 is 4.39 Å². The second-order valence-corrected chi connectivity index (χ2v) is 3.37. The topological polar surface area (TPSA) is 29.3 Å². The predicted octanol–water partition coefficient (Wildman–Crippen LogP) is 2.00. The fraction of sp³-hybridized carbons (Fsp3) is 0.455. The van der Waals surface area contributed by atoms with Crippen molar-refractivity contribution in [2.75, 3.05) is 25.0 Å². The van der Waals surface area contributed by atoms with Crippen LogP contribution in [0.5, 0.6) is 0 Å². The highest BCUT2D eigenvalue weighted by molar-refractivity contribution is 5.46. The van der Waals surface area contributed by atoms with Crippen LogP contribution in [-0.4, -0.2) is 20.1 Å². The van der Waals surface area contributed by atoms with Crippen molar-refractivity contribution >= 4 is 5.69 Å². The van der Waals surface area contributed by atoms with E-state index in [2.05, 4.69) is 0 Å². The summed E-state index contributed by atoms with van der Waals surface area (Å²) in [7, 11) is 1.90. The van der Waals surface area contributed by atoms with Crippen molar-refractivity contribution in [3.63, 3.8) is 0 Å². The predicted molar refractivity (Wildman–Crippen MR) is 58.0 cm³/mol. The van der Waals surface area contributed by atoms with Gasteiger partial charge in [0.05, 0.1) is 5.69 Å². The van der Waals surface area contributed by atoms with Gasteiger partial charge in [-0.15, -0.1) is 0 Å². The Morgan fingerprint density at radius 1 is 1.29 bits per heavy atom. The van der Waals surface area contributed by atoms with Gasteiger partial charge < -0.3 is 10.6 Å².